The normalized spacial score (nSPS) is 24.7. The van der Waals surface area contributed by atoms with Crippen molar-refractivity contribution in [3.8, 4) is 5.75 Å². The molecule has 2 aliphatic rings. The van der Waals surface area contributed by atoms with Gasteiger partial charge < -0.3 is 9.47 Å². The second-order valence-corrected chi connectivity index (χ2v) is 6.38. The zero-order valence-electron chi connectivity index (χ0n) is 12.8. The summed E-state index contributed by atoms with van der Waals surface area (Å²) in [5, 5.41) is 0. The van der Waals surface area contributed by atoms with E-state index in [1.807, 2.05) is 24.3 Å². The van der Waals surface area contributed by atoms with Gasteiger partial charge in [0.15, 0.2) is 5.78 Å². The molecule has 0 aromatic heterocycles. The molecule has 0 radical (unpaired) electrons. The maximum atomic E-state index is 12.8. The minimum Gasteiger partial charge on any atom is -0.497 e. The Kier molecular flexibility index (Phi) is 4.29. The van der Waals surface area contributed by atoms with Crippen molar-refractivity contribution >= 4 is 5.78 Å². The molecule has 0 amide bonds. The van der Waals surface area contributed by atoms with Gasteiger partial charge in [-0.3, -0.25) is 4.79 Å². The van der Waals surface area contributed by atoms with Crippen LogP contribution < -0.4 is 4.74 Å². The second kappa shape index (κ2) is 6.18. The van der Waals surface area contributed by atoms with Crippen LogP contribution in [0.25, 0.3) is 0 Å². The molecule has 3 nitrogen and oxygen atoms in total. The molecular formula is C18H24O3. The highest BCUT2D eigenvalue weighted by Gasteiger charge is 2.40. The highest BCUT2D eigenvalue weighted by atomic mass is 16.5. The van der Waals surface area contributed by atoms with E-state index in [4.69, 9.17) is 9.47 Å². The van der Waals surface area contributed by atoms with E-state index in [0.29, 0.717) is 0 Å². The number of hydrogen-bond donors (Lipinski definition) is 0. The fourth-order valence-corrected chi connectivity index (χ4v) is 3.81. The van der Waals surface area contributed by atoms with Crippen molar-refractivity contribution in [2.24, 2.45) is 5.92 Å². The molecule has 1 aliphatic heterocycles. The third-order valence-electron chi connectivity index (χ3n) is 4.98. The lowest BCUT2D eigenvalue weighted by Gasteiger charge is -2.43. The van der Waals surface area contributed by atoms with Crippen LogP contribution in [0.5, 0.6) is 5.75 Å². The first kappa shape index (κ1) is 14.6. The van der Waals surface area contributed by atoms with Crippen molar-refractivity contribution in [3.05, 3.63) is 29.8 Å². The SMILES string of the molecule is COc1cccc(C(=O)C2CCOC3(CCCCC3)C2)c1. The van der Waals surface area contributed by atoms with E-state index in [9.17, 15) is 4.79 Å². The van der Waals surface area contributed by atoms with Gasteiger partial charge in [0.1, 0.15) is 5.75 Å². The molecule has 3 heteroatoms. The molecular weight excluding hydrogens is 264 g/mol. The van der Waals surface area contributed by atoms with Gasteiger partial charge in [0.2, 0.25) is 0 Å². The summed E-state index contributed by atoms with van der Waals surface area (Å²) in [6.07, 6.45) is 7.75. The first-order valence-corrected chi connectivity index (χ1v) is 8.05. The van der Waals surface area contributed by atoms with Gasteiger partial charge in [-0.2, -0.15) is 0 Å². The van der Waals surface area contributed by atoms with Gasteiger partial charge in [-0.25, -0.2) is 0 Å². The Labute approximate surface area is 126 Å². The Morgan fingerprint density at radius 1 is 1.29 bits per heavy atom. The van der Waals surface area contributed by atoms with Gasteiger partial charge in [-0.1, -0.05) is 31.4 Å². The summed E-state index contributed by atoms with van der Waals surface area (Å²) in [5.74, 6) is 1.10. The first-order valence-electron chi connectivity index (χ1n) is 8.05. The van der Waals surface area contributed by atoms with Gasteiger partial charge in [-0.15, -0.1) is 0 Å². The lowest BCUT2D eigenvalue weighted by Crippen LogP contribution is -2.43. The molecule has 0 bridgehead atoms. The van der Waals surface area contributed by atoms with Crippen molar-refractivity contribution in [2.45, 2.75) is 50.5 Å². The maximum Gasteiger partial charge on any atom is 0.166 e. The van der Waals surface area contributed by atoms with Crippen LogP contribution >= 0.6 is 0 Å². The lowest BCUT2D eigenvalue weighted by atomic mass is 9.74. The predicted molar refractivity (Wildman–Crippen MR) is 81.8 cm³/mol. The molecule has 1 aromatic carbocycles. The number of ether oxygens (including phenoxy) is 2. The number of carbonyl (C=O) groups excluding carboxylic acids is 1. The Morgan fingerprint density at radius 3 is 2.86 bits per heavy atom. The minimum absolute atomic E-state index is 0.0182. The molecule has 1 atom stereocenters. The van der Waals surface area contributed by atoms with Crippen LogP contribution in [0, 0.1) is 5.92 Å². The number of ketones is 1. The average Bonchev–Trinajstić information content (AvgIpc) is 2.55. The highest BCUT2D eigenvalue weighted by molar-refractivity contribution is 5.98. The van der Waals surface area contributed by atoms with E-state index in [2.05, 4.69) is 0 Å². The van der Waals surface area contributed by atoms with Gasteiger partial charge in [0.25, 0.3) is 0 Å². The number of carbonyl (C=O) groups is 1. The van der Waals surface area contributed by atoms with E-state index >= 15 is 0 Å². The van der Waals surface area contributed by atoms with E-state index in [1.54, 1.807) is 7.11 Å². The monoisotopic (exact) mass is 288 g/mol. The molecule has 1 spiro atoms. The van der Waals surface area contributed by atoms with Crippen molar-refractivity contribution in [3.63, 3.8) is 0 Å². The van der Waals surface area contributed by atoms with Crippen molar-refractivity contribution in [1.29, 1.82) is 0 Å². The lowest BCUT2D eigenvalue weighted by molar-refractivity contribution is -0.111. The van der Waals surface area contributed by atoms with Gasteiger partial charge in [0.05, 0.1) is 12.7 Å². The van der Waals surface area contributed by atoms with Crippen molar-refractivity contribution < 1.29 is 14.3 Å². The van der Waals surface area contributed by atoms with E-state index in [0.717, 1.165) is 43.6 Å². The standard InChI is InChI=1S/C18H24O3/c1-20-16-7-5-6-14(12-16)17(19)15-8-11-21-18(13-15)9-3-2-4-10-18/h5-7,12,15H,2-4,8-11,13H2,1H3. The fourth-order valence-electron chi connectivity index (χ4n) is 3.81. The molecule has 3 rings (SSSR count). The molecule has 1 heterocycles. The number of benzene rings is 1. The molecule has 1 unspecified atom stereocenters. The largest absolute Gasteiger partial charge is 0.497 e. The number of hydrogen-bond acceptors (Lipinski definition) is 3. The Balaban J connectivity index is 1.74. The van der Waals surface area contributed by atoms with Crippen LogP contribution in [0.4, 0.5) is 0 Å². The number of rotatable bonds is 3. The fraction of sp³-hybridized carbons (Fsp3) is 0.611. The van der Waals surface area contributed by atoms with Crippen molar-refractivity contribution in [1.82, 2.24) is 0 Å². The van der Waals surface area contributed by atoms with Crippen LogP contribution in [0.3, 0.4) is 0 Å². The van der Waals surface area contributed by atoms with E-state index in [-0.39, 0.29) is 17.3 Å². The Morgan fingerprint density at radius 2 is 2.10 bits per heavy atom. The van der Waals surface area contributed by atoms with E-state index in [1.165, 1.54) is 19.3 Å². The molecule has 1 aliphatic carbocycles. The summed E-state index contributed by atoms with van der Waals surface area (Å²) in [7, 11) is 1.63. The third-order valence-corrected chi connectivity index (χ3v) is 4.98. The van der Waals surface area contributed by atoms with Gasteiger partial charge in [-0.05, 0) is 37.8 Å². The van der Waals surface area contributed by atoms with Gasteiger partial charge in [0, 0.05) is 18.1 Å². The van der Waals surface area contributed by atoms with Crippen LogP contribution in [-0.2, 0) is 4.74 Å². The molecule has 0 N–H and O–H groups in total. The quantitative estimate of drug-likeness (QED) is 0.788. The summed E-state index contributed by atoms with van der Waals surface area (Å²) in [5.41, 5.74) is 0.752. The van der Waals surface area contributed by atoms with Crippen molar-refractivity contribution in [2.75, 3.05) is 13.7 Å². The molecule has 2 fully saturated rings. The molecule has 1 saturated carbocycles. The van der Waals surface area contributed by atoms with Crippen LogP contribution in [0.2, 0.25) is 0 Å². The highest BCUT2D eigenvalue weighted by Crippen LogP contribution is 2.41. The minimum atomic E-state index is -0.0182. The maximum absolute atomic E-state index is 12.8. The average molecular weight is 288 g/mol. The molecule has 1 aromatic rings. The number of methoxy groups -OCH3 is 1. The first-order chi connectivity index (χ1) is 10.2. The summed E-state index contributed by atoms with van der Waals surface area (Å²) in [6.45, 7) is 0.723. The van der Waals surface area contributed by atoms with Crippen LogP contribution in [0.1, 0.15) is 55.3 Å². The zero-order chi connectivity index (χ0) is 14.7. The Hall–Kier alpha value is -1.35. The number of Topliss-reactive ketones (excluding diaryl/α,β-unsaturated/α-hetero) is 1. The van der Waals surface area contributed by atoms with Gasteiger partial charge >= 0.3 is 0 Å². The van der Waals surface area contributed by atoms with Crippen LogP contribution in [0.15, 0.2) is 24.3 Å². The summed E-state index contributed by atoms with van der Waals surface area (Å²) >= 11 is 0. The predicted octanol–water partition coefficient (Wildman–Crippen LogP) is 4.01. The Bertz CT molecular complexity index is 497. The topological polar surface area (TPSA) is 35.5 Å². The van der Waals surface area contributed by atoms with E-state index < -0.39 is 0 Å². The van der Waals surface area contributed by atoms with Crippen LogP contribution in [-0.4, -0.2) is 25.1 Å². The summed E-state index contributed by atoms with van der Waals surface area (Å²) in [6, 6.07) is 7.52. The second-order valence-electron chi connectivity index (χ2n) is 6.38. The molecule has 1 saturated heterocycles. The molecule has 114 valence electrons. The third kappa shape index (κ3) is 3.13. The summed E-state index contributed by atoms with van der Waals surface area (Å²) in [4.78, 5) is 12.8. The molecule has 21 heavy (non-hydrogen) atoms. The smallest absolute Gasteiger partial charge is 0.166 e. The summed E-state index contributed by atoms with van der Waals surface area (Å²) < 4.78 is 11.3. The zero-order valence-corrected chi connectivity index (χ0v) is 12.8.